The van der Waals surface area contributed by atoms with Gasteiger partial charge >= 0.3 is 0 Å². The van der Waals surface area contributed by atoms with Crippen molar-refractivity contribution < 1.29 is 17.9 Å². The van der Waals surface area contributed by atoms with Gasteiger partial charge in [0.15, 0.2) is 0 Å². The van der Waals surface area contributed by atoms with E-state index in [1.54, 1.807) is 24.5 Å². The lowest BCUT2D eigenvalue weighted by Gasteiger charge is -2.15. The van der Waals surface area contributed by atoms with Crippen LogP contribution in [0.1, 0.15) is 12.5 Å². The van der Waals surface area contributed by atoms with Gasteiger partial charge < -0.3 is 10.1 Å². The highest BCUT2D eigenvalue weighted by Gasteiger charge is 2.22. The molecule has 2 N–H and O–H groups in total. The van der Waals surface area contributed by atoms with Gasteiger partial charge in [0.05, 0.1) is 23.1 Å². The maximum atomic E-state index is 12.4. The summed E-state index contributed by atoms with van der Waals surface area (Å²) in [4.78, 5) is 15.9. The van der Waals surface area contributed by atoms with Crippen molar-refractivity contribution in [2.45, 2.75) is 24.4 Å². The SMILES string of the molecule is COc1ccc(S(=O)(=O)N[C@H](C)C(=O)NCc2ccncc2)cc1Cl. The number of pyridine rings is 1. The highest BCUT2D eigenvalue weighted by Crippen LogP contribution is 2.26. The van der Waals surface area contributed by atoms with Crippen LogP contribution < -0.4 is 14.8 Å². The largest absolute Gasteiger partial charge is 0.495 e. The molecule has 0 aliphatic rings. The number of ether oxygens (including phenoxy) is 1. The number of amides is 1. The Morgan fingerprint density at radius 1 is 1.28 bits per heavy atom. The molecule has 0 aliphatic carbocycles. The first-order valence-electron chi connectivity index (χ1n) is 7.36. The first-order chi connectivity index (χ1) is 11.8. The van der Waals surface area contributed by atoms with Crippen LogP contribution in [0.5, 0.6) is 5.75 Å². The number of halogens is 1. The summed E-state index contributed by atoms with van der Waals surface area (Å²) in [5, 5.41) is 2.83. The van der Waals surface area contributed by atoms with Crippen molar-refractivity contribution in [3.63, 3.8) is 0 Å². The molecule has 0 unspecified atom stereocenters. The number of benzene rings is 1. The van der Waals surface area contributed by atoms with Crippen LogP contribution in [0.15, 0.2) is 47.6 Å². The van der Waals surface area contributed by atoms with Crippen molar-refractivity contribution in [1.29, 1.82) is 0 Å². The van der Waals surface area contributed by atoms with Gasteiger partial charge in [-0.25, -0.2) is 8.42 Å². The van der Waals surface area contributed by atoms with Crippen LogP contribution in [-0.4, -0.2) is 32.5 Å². The summed E-state index contributed by atoms with van der Waals surface area (Å²) in [5.74, 6) is -0.0799. The molecule has 1 aromatic heterocycles. The molecule has 1 amide bonds. The van der Waals surface area contributed by atoms with Gasteiger partial charge in [-0.1, -0.05) is 11.6 Å². The van der Waals surface area contributed by atoms with E-state index >= 15 is 0 Å². The third kappa shape index (κ3) is 5.15. The first kappa shape index (κ1) is 19.2. The molecule has 2 rings (SSSR count). The number of aromatic nitrogens is 1. The quantitative estimate of drug-likeness (QED) is 0.758. The predicted molar refractivity (Wildman–Crippen MR) is 93.9 cm³/mol. The van der Waals surface area contributed by atoms with Crippen LogP contribution in [-0.2, 0) is 21.4 Å². The zero-order chi connectivity index (χ0) is 18.4. The Hall–Kier alpha value is -2.16. The minimum absolute atomic E-state index is 0.0490. The highest BCUT2D eigenvalue weighted by atomic mass is 35.5. The van der Waals surface area contributed by atoms with Gasteiger partial charge in [-0.15, -0.1) is 0 Å². The molecule has 1 atom stereocenters. The molecule has 0 radical (unpaired) electrons. The van der Waals surface area contributed by atoms with Crippen molar-refractivity contribution in [3.05, 3.63) is 53.3 Å². The zero-order valence-electron chi connectivity index (χ0n) is 13.7. The molecule has 0 spiro atoms. The van der Waals surface area contributed by atoms with Crippen LogP contribution in [0.4, 0.5) is 0 Å². The number of nitrogens with zero attached hydrogens (tertiary/aromatic N) is 1. The summed E-state index contributed by atoms with van der Waals surface area (Å²) in [5.41, 5.74) is 0.861. The van der Waals surface area contributed by atoms with E-state index in [4.69, 9.17) is 16.3 Å². The molecule has 0 aliphatic heterocycles. The molecule has 1 aromatic carbocycles. The Kier molecular flexibility index (Phi) is 6.35. The van der Waals surface area contributed by atoms with Gasteiger partial charge in [-0.05, 0) is 42.8 Å². The fourth-order valence-corrected chi connectivity index (χ4v) is 3.56. The summed E-state index contributed by atoms with van der Waals surface area (Å²) in [6.45, 7) is 1.74. The molecule has 1 heterocycles. The fourth-order valence-electron chi connectivity index (χ4n) is 2.01. The van der Waals surface area contributed by atoms with E-state index in [-0.39, 0.29) is 16.5 Å². The lowest BCUT2D eigenvalue weighted by molar-refractivity contribution is -0.122. The number of methoxy groups -OCH3 is 1. The lowest BCUT2D eigenvalue weighted by atomic mass is 10.2. The average Bonchev–Trinajstić information content (AvgIpc) is 2.60. The molecule has 25 heavy (non-hydrogen) atoms. The fraction of sp³-hybridized carbons (Fsp3) is 0.250. The van der Waals surface area contributed by atoms with Crippen LogP contribution in [0.25, 0.3) is 0 Å². The number of carbonyl (C=O) groups excluding carboxylic acids is 1. The monoisotopic (exact) mass is 383 g/mol. The van der Waals surface area contributed by atoms with Crippen LogP contribution in [0.3, 0.4) is 0 Å². The van der Waals surface area contributed by atoms with Gasteiger partial charge in [-0.2, -0.15) is 4.72 Å². The number of sulfonamides is 1. The third-order valence-electron chi connectivity index (χ3n) is 3.37. The van der Waals surface area contributed by atoms with Gasteiger partial charge in [0.1, 0.15) is 5.75 Å². The lowest BCUT2D eigenvalue weighted by Crippen LogP contribution is -2.44. The number of nitrogens with one attached hydrogen (secondary N) is 2. The zero-order valence-corrected chi connectivity index (χ0v) is 15.3. The van der Waals surface area contributed by atoms with Crippen molar-refractivity contribution in [2.75, 3.05) is 7.11 Å². The van der Waals surface area contributed by atoms with Gasteiger partial charge in [0.2, 0.25) is 15.9 Å². The number of hydrogen-bond donors (Lipinski definition) is 2. The molecular weight excluding hydrogens is 366 g/mol. The molecule has 0 bridgehead atoms. The standard InChI is InChI=1S/C16H18ClN3O4S/c1-11(16(21)19-10-12-5-7-18-8-6-12)20-25(22,23)13-3-4-15(24-2)14(17)9-13/h3-9,11,20H,10H2,1-2H3,(H,19,21)/t11-/m1/s1. The van der Waals surface area contributed by atoms with Gasteiger partial charge in [-0.3, -0.25) is 9.78 Å². The predicted octanol–water partition coefficient (Wildman–Crippen LogP) is 1.73. The second-order valence-corrected chi connectivity index (χ2v) is 7.33. The van der Waals surface area contributed by atoms with Gasteiger partial charge in [0, 0.05) is 18.9 Å². The normalized spacial score (nSPS) is 12.4. The minimum Gasteiger partial charge on any atom is -0.495 e. The topological polar surface area (TPSA) is 97.4 Å². The van der Waals surface area contributed by atoms with Gasteiger partial charge in [0.25, 0.3) is 0 Å². The molecule has 2 aromatic rings. The Labute approximate surface area is 151 Å². The van der Waals surface area contributed by atoms with Crippen molar-refractivity contribution >= 4 is 27.5 Å². The number of rotatable bonds is 7. The maximum Gasteiger partial charge on any atom is 0.241 e. The van der Waals surface area contributed by atoms with Crippen LogP contribution >= 0.6 is 11.6 Å². The molecule has 0 fully saturated rings. The Bertz CT molecular complexity index is 844. The van der Waals surface area contributed by atoms with E-state index in [9.17, 15) is 13.2 Å². The second kappa shape index (κ2) is 8.28. The summed E-state index contributed by atoms with van der Waals surface area (Å²) >= 11 is 5.95. The molecular formula is C16H18ClN3O4S. The maximum absolute atomic E-state index is 12.4. The van der Waals surface area contributed by atoms with E-state index in [1.807, 2.05) is 0 Å². The van der Waals surface area contributed by atoms with E-state index < -0.39 is 22.0 Å². The van der Waals surface area contributed by atoms with Crippen molar-refractivity contribution in [3.8, 4) is 5.75 Å². The molecule has 9 heteroatoms. The molecule has 7 nitrogen and oxygen atoms in total. The summed E-state index contributed by atoms with van der Waals surface area (Å²) in [6, 6.07) is 6.64. The summed E-state index contributed by atoms with van der Waals surface area (Å²) < 4.78 is 32.1. The van der Waals surface area contributed by atoms with E-state index in [0.29, 0.717) is 5.75 Å². The average molecular weight is 384 g/mol. The highest BCUT2D eigenvalue weighted by molar-refractivity contribution is 7.89. The Balaban J connectivity index is 2.01. The van der Waals surface area contributed by atoms with E-state index in [1.165, 1.54) is 32.2 Å². The first-order valence-corrected chi connectivity index (χ1v) is 9.22. The Morgan fingerprint density at radius 2 is 1.96 bits per heavy atom. The number of hydrogen-bond acceptors (Lipinski definition) is 5. The molecule has 134 valence electrons. The smallest absolute Gasteiger partial charge is 0.241 e. The van der Waals surface area contributed by atoms with Crippen LogP contribution in [0, 0.1) is 0 Å². The number of carbonyl (C=O) groups is 1. The second-order valence-electron chi connectivity index (χ2n) is 5.21. The van der Waals surface area contributed by atoms with Crippen molar-refractivity contribution in [2.24, 2.45) is 0 Å². The summed E-state index contributed by atoms with van der Waals surface area (Å²) in [6.07, 6.45) is 3.22. The van der Waals surface area contributed by atoms with Crippen molar-refractivity contribution in [1.82, 2.24) is 15.0 Å². The Morgan fingerprint density at radius 3 is 2.56 bits per heavy atom. The third-order valence-corrected chi connectivity index (χ3v) is 5.21. The molecule has 0 saturated carbocycles. The summed E-state index contributed by atoms with van der Waals surface area (Å²) in [7, 11) is -2.46. The van der Waals surface area contributed by atoms with E-state index in [0.717, 1.165) is 5.56 Å². The van der Waals surface area contributed by atoms with E-state index in [2.05, 4.69) is 15.0 Å². The van der Waals surface area contributed by atoms with Crippen LogP contribution in [0.2, 0.25) is 5.02 Å². The molecule has 0 saturated heterocycles. The minimum atomic E-state index is -3.90.